The SMILES string of the molecule is CN=C(NCCc1coc(-c2ccc(F)cc2)n1)NCC1(C(=O)N(C)C)CCCC1.I. The van der Waals surface area contributed by atoms with Gasteiger partial charge in [-0.05, 0) is 37.1 Å². The maximum atomic E-state index is 13.1. The fourth-order valence-corrected chi connectivity index (χ4v) is 3.92. The number of nitrogens with one attached hydrogen (secondary N) is 2. The first-order valence-electron chi connectivity index (χ1n) is 10.3. The molecule has 170 valence electrons. The molecule has 7 nitrogen and oxygen atoms in total. The molecule has 9 heteroatoms. The van der Waals surface area contributed by atoms with E-state index in [1.165, 1.54) is 12.1 Å². The molecule has 1 heterocycles. The third-order valence-corrected chi connectivity index (χ3v) is 5.55. The van der Waals surface area contributed by atoms with Crippen LogP contribution in [-0.4, -0.2) is 56.0 Å². The van der Waals surface area contributed by atoms with Crippen LogP contribution in [0.5, 0.6) is 0 Å². The molecule has 0 saturated heterocycles. The second kappa shape index (κ2) is 11.4. The molecule has 2 aromatic rings. The van der Waals surface area contributed by atoms with Crippen molar-refractivity contribution in [2.75, 3.05) is 34.2 Å². The summed E-state index contributed by atoms with van der Waals surface area (Å²) in [5, 5.41) is 6.59. The van der Waals surface area contributed by atoms with Crippen LogP contribution in [0.1, 0.15) is 31.4 Å². The van der Waals surface area contributed by atoms with Crippen molar-refractivity contribution in [1.82, 2.24) is 20.5 Å². The zero-order valence-corrected chi connectivity index (χ0v) is 20.6. The maximum Gasteiger partial charge on any atom is 0.230 e. The lowest BCUT2D eigenvalue weighted by atomic mass is 9.84. The monoisotopic (exact) mass is 543 g/mol. The fourth-order valence-electron chi connectivity index (χ4n) is 3.92. The van der Waals surface area contributed by atoms with Crippen molar-refractivity contribution >= 4 is 35.8 Å². The van der Waals surface area contributed by atoms with Gasteiger partial charge < -0.3 is 20.0 Å². The first-order chi connectivity index (χ1) is 14.4. The van der Waals surface area contributed by atoms with Crippen molar-refractivity contribution in [2.45, 2.75) is 32.1 Å². The van der Waals surface area contributed by atoms with E-state index < -0.39 is 0 Å². The third-order valence-electron chi connectivity index (χ3n) is 5.55. The third kappa shape index (κ3) is 6.41. The number of oxazole rings is 1. The van der Waals surface area contributed by atoms with Gasteiger partial charge in [-0.15, -0.1) is 24.0 Å². The number of amides is 1. The highest BCUT2D eigenvalue weighted by molar-refractivity contribution is 14.0. The van der Waals surface area contributed by atoms with Gasteiger partial charge in [0.2, 0.25) is 11.8 Å². The van der Waals surface area contributed by atoms with E-state index in [9.17, 15) is 9.18 Å². The number of aliphatic imine (C=N–C) groups is 1. The number of benzene rings is 1. The van der Waals surface area contributed by atoms with E-state index in [0.29, 0.717) is 31.4 Å². The molecule has 0 aliphatic heterocycles. The molecule has 31 heavy (non-hydrogen) atoms. The average molecular weight is 543 g/mol. The average Bonchev–Trinajstić information content (AvgIpc) is 3.41. The predicted octanol–water partition coefficient (Wildman–Crippen LogP) is 3.45. The number of aromatic nitrogens is 1. The molecule has 1 amide bonds. The summed E-state index contributed by atoms with van der Waals surface area (Å²) >= 11 is 0. The smallest absolute Gasteiger partial charge is 0.230 e. The van der Waals surface area contributed by atoms with Gasteiger partial charge in [-0.1, -0.05) is 12.8 Å². The molecule has 0 spiro atoms. The molecule has 0 bridgehead atoms. The van der Waals surface area contributed by atoms with E-state index >= 15 is 0 Å². The highest BCUT2D eigenvalue weighted by atomic mass is 127. The maximum absolute atomic E-state index is 13.1. The second-order valence-electron chi connectivity index (χ2n) is 7.94. The van der Waals surface area contributed by atoms with Gasteiger partial charge in [0.25, 0.3) is 0 Å². The van der Waals surface area contributed by atoms with Crippen LogP contribution in [0.3, 0.4) is 0 Å². The summed E-state index contributed by atoms with van der Waals surface area (Å²) in [6, 6.07) is 6.05. The summed E-state index contributed by atoms with van der Waals surface area (Å²) in [6.45, 7) is 1.19. The Bertz CT molecular complexity index is 876. The van der Waals surface area contributed by atoms with Crippen molar-refractivity contribution in [3.63, 3.8) is 0 Å². The Kier molecular flexibility index (Phi) is 9.27. The van der Waals surface area contributed by atoms with Crippen molar-refractivity contribution < 1.29 is 13.6 Å². The number of nitrogens with zero attached hydrogens (tertiary/aromatic N) is 3. The van der Waals surface area contributed by atoms with Gasteiger partial charge in [0.05, 0.1) is 11.1 Å². The minimum atomic E-state index is -0.350. The van der Waals surface area contributed by atoms with E-state index in [1.54, 1.807) is 30.3 Å². The van der Waals surface area contributed by atoms with Gasteiger partial charge in [0.1, 0.15) is 12.1 Å². The molecular weight excluding hydrogens is 512 g/mol. The molecule has 0 atom stereocenters. The van der Waals surface area contributed by atoms with Crippen LogP contribution in [0, 0.1) is 11.2 Å². The highest BCUT2D eigenvalue weighted by Crippen LogP contribution is 2.38. The summed E-state index contributed by atoms with van der Waals surface area (Å²) in [5.41, 5.74) is 1.19. The number of halogens is 2. The summed E-state index contributed by atoms with van der Waals surface area (Å²) in [7, 11) is 5.34. The molecule has 3 rings (SSSR count). The van der Waals surface area contributed by atoms with E-state index in [-0.39, 0.29) is 41.1 Å². The van der Waals surface area contributed by atoms with Crippen LogP contribution in [0.25, 0.3) is 11.5 Å². The molecule has 1 saturated carbocycles. The van der Waals surface area contributed by atoms with Gasteiger partial charge in [-0.3, -0.25) is 9.79 Å². The normalized spacial score (nSPS) is 15.3. The van der Waals surface area contributed by atoms with E-state index in [0.717, 1.165) is 36.9 Å². The zero-order valence-electron chi connectivity index (χ0n) is 18.3. The van der Waals surface area contributed by atoms with Gasteiger partial charge >= 0.3 is 0 Å². The topological polar surface area (TPSA) is 82.8 Å². The summed E-state index contributed by atoms with van der Waals surface area (Å²) in [5.74, 6) is 1.02. The largest absolute Gasteiger partial charge is 0.444 e. The van der Waals surface area contributed by atoms with Gasteiger partial charge in [-0.2, -0.15) is 0 Å². The molecule has 1 fully saturated rings. The number of guanidine groups is 1. The standard InChI is InChI=1S/C22H30FN5O2.HI/c1-24-21(26-15-22(11-4-5-12-22)20(29)28(2)3)25-13-10-18-14-30-19(27-18)16-6-8-17(23)9-7-16;/h6-9,14H,4-5,10-13,15H2,1-3H3,(H2,24,25,26);1H. The second-order valence-corrected chi connectivity index (χ2v) is 7.94. The van der Waals surface area contributed by atoms with E-state index in [2.05, 4.69) is 20.6 Å². The van der Waals surface area contributed by atoms with Crippen LogP contribution in [0.2, 0.25) is 0 Å². The van der Waals surface area contributed by atoms with Crippen molar-refractivity contribution in [3.05, 3.63) is 42.0 Å². The molecule has 1 aliphatic rings. The van der Waals surface area contributed by atoms with Gasteiger partial charge in [0.15, 0.2) is 5.96 Å². The lowest BCUT2D eigenvalue weighted by Crippen LogP contribution is -2.49. The molecule has 0 radical (unpaired) electrons. The highest BCUT2D eigenvalue weighted by Gasteiger charge is 2.42. The first-order valence-corrected chi connectivity index (χ1v) is 10.3. The molecule has 1 aliphatic carbocycles. The van der Waals surface area contributed by atoms with Crippen LogP contribution in [-0.2, 0) is 11.2 Å². The Labute approximate surface area is 199 Å². The predicted molar refractivity (Wildman–Crippen MR) is 130 cm³/mol. The summed E-state index contributed by atoms with van der Waals surface area (Å²) in [4.78, 5) is 23.1. The lowest BCUT2D eigenvalue weighted by Gasteiger charge is -2.31. The van der Waals surface area contributed by atoms with Crippen molar-refractivity contribution in [1.29, 1.82) is 0 Å². The van der Waals surface area contributed by atoms with E-state index in [1.807, 2.05) is 14.1 Å². The Balaban J connectivity index is 0.00000341. The van der Waals surface area contributed by atoms with E-state index in [4.69, 9.17) is 4.42 Å². The number of carbonyl (C=O) groups is 1. The van der Waals surface area contributed by atoms with Gasteiger partial charge in [-0.25, -0.2) is 9.37 Å². The lowest BCUT2D eigenvalue weighted by molar-refractivity contribution is -0.138. The summed E-state index contributed by atoms with van der Waals surface area (Å²) < 4.78 is 18.6. The summed E-state index contributed by atoms with van der Waals surface area (Å²) in [6.07, 6.45) is 6.22. The van der Waals surface area contributed by atoms with Crippen LogP contribution >= 0.6 is 24.0 Å². The Morgan fingerprint density at radius 3 is 2.52 bits per heavy atom. The van der Waals surface area contributed by atoms with Gasteiger partial charge in [0, 0.05) is 46.2 Å². The number of carbonyl (C=O) groups excluding carboxylic acids is 1. The first kappa shape index (κ1) is 25.1. The molecule has 1 aromatic carbocycles. The Hall–Kier alpha value is -2.17. The molecule has 1 aromatic heterocycles. The zero-order chi connectivity index (χ0) is 21.6. The molecule has 2 N–H and O–H groups in total. The molecular formula is C22H31FIN5O2. The minimum absolute atomic E-state index is 0. The van der Waals surface area contributed by atoms with Crippen LogP contribution < -0.4 is 10.6 Å². The fraction of sp³-hybridized carbons (Fsp3) is 0.500. The van der Waals surface area contributed by atoms with Crippen molar-refractivity contribution in [3.8, 4) is 11.5 Å². The molecule has 0 unspecified atom stereocenters. The van der Waals surface area contributed by atoms with Crippen LogP contribution in [0.4, 0.5) is 4.39 Å². The quantitative estimate of drug-likeness (QED) is 0.318. The Morgan fingerprint density at radius 2 is 1.90 bits per heavy atom. The van der Waals surface area contributed by atoms with Crippen LogP contribution in [0.15, 0.2) is 39.9 Å². The number of hydrogen-bond donors (Lipinski definition) is 2. The Morgan fingerprint density at radius 1 is 1.23 bits per heavy atom. The number of hydrogen-bond acceptors (Lipinski definition) is 4. The van der Waals surface area contributed by atoms with Crippen molar-refractivity contribution in [2.24, 2.45) is 10.4 Å². The minimum Gasteiger partial charge on any atom is -0.444 e. The number of rotatable bonds is 7.